The molecule has 0 saturated carbocycles. The molecule has 20 heavy (non-hydrogen) atoms. The average molecular weight is 276 g/mol. The molecule has 6 heteroatoms. The van der Waals surface area contributed by atoms with E-state index in [1.54, 1.807) is 6.07 Å². The van der Waals surface area contributed by atoms with Crippen LogP contribution in [-0.2, 0) is 11.3 Å². The molecule has 0 spiro atoms. The minimum absolute atomic E-state index is 0.253. The molecule has 1 aromatic carbocycles. The second kappa shape index (κ2) is 5.60. The number of hydrogen-bond donors (Lipinski definition) is 3. The molecule has 1 aromatic rings. The van der Waals surface area contributed by atoms with E-state index in [1.165, 1.54) is 0 Å². The Hall–Kier alpha value is -1.92. The van der Waals surface area contributed by atoms with Gasteiger partial charge in [-0.2, -0.15) is 0 Å². The summed E-state index contributed by atoms with van der Waals surface area (Å²) in [6, 6.07) is 7.29. The number of nitrogens with two attached hydrogens (primary N) is 2. The van der Waals surface area contributed by atoms with Crippen LogP contribution in [-0.4, -0.2) is 29.8 Å². The highest BCUT2D eigenvalue weighted by atomic mass is 16.2. The van der Waals surface area contributed by atoms with Crippen LogP contribution in [0.2, 0.25) is 0 Å². The number of amides is 2. The number of hydrogen-bond acceptors (Lipinski definition) is 4. The van der Waals surface area contributed by atoms with Crippen molar-refractivity contribution in [3.8, 4) is 0 Å². The van der Waals surface area contributed by atoms with Crippen molar-refractivity contribution < 1.29 is 9.59 Å². The monoisotopic (exact) mass is 276 g/mol. The number of primary amides is 1. The van der Waals surface area contributed by atoms with Crippen molar-refractivity contribution in [3.05, 3.63) is 35.4 Å². The van der Waals surface area contributed by atoms with Crippen LogP contribution in [0.25, 0.3) is 0 Å². The molecule has 6 nitrogen and oxygen atoms in total. The smallest absolute Gasteiger partial charge is 0.265 e. The van der Waals surface area contributed by atoms with Gasteiger partial charge in [-0.25, -0.2) is 5.84 Å². The van der Waals surface area contributed by atoms with E-state index in [1.807, 2.05) is 25.1 Å². The van der Waals surface area contributed by atoms with Crippen molar-refractivity contribution in [1.29, 1.82) is 0 Å². The molecule has 2 amide bonds. The normalized spacial score (nSPS) is 22.7. The molecule has 5 N–H and O–H groups in total. The first-order chi connectivity index (χ1) is 9.44. The first-order valence-corrected chi connectivity index (χ1v) is 6.57. The molecular weight excluding hydrogens is 256 g/mol. The zero-order valence-corrected chi connectivity index (χ0v) is 11.6. The van der Waals surface area contributed by atoms with E-state index >= 15 is 0 Å². The molecule has 0 bridgehead atoms. The summed E-state index contributed by atoms with van der Waals surface area (Å²) < 4.78 is 0. The lowest BCUT2D eigenvalue weighted by molar-refractivity contribution is -0.126. The molecule has 1 heterocycles. The molecule has 0 aliphatic carbocycles. The third-order valence-corrected chi connectivity index (χ3v) is 3.87. The number of nitrogens with zero attached hydrogens (tertiary/aromatic N) is 1. The highest BCUT2D eigenvalue weighted by molar-refractivity contribution is 5.93. The van der Waals surface area contributed by atoms with Crippen molar-refractivity contribution in [2.75, 3.05) is 13.1 Å². The summed E-state index contributed by atoms with van der Waals surface area (Å²) in [5, 5.41) is 0. The number of rotatable bonds is 4. The standard InChI is InChI=1S/C14H20N4O2/c1-14(13(15)20)5-6-18(9-14)8-10-3-2-4-11(7-10)12(19)17-16/h2-4,7H,5-6,8-9,16H2,1H3,(H2,15,20)(H,17,19). The van der Waals surface area contributed by atoms with Gasteiger partial charge < -0.3 is 5.73 Å². The number of nitrogen functional groups attached to an aromatic ring is 1. The number of likely N-dealkylation sites (tertiary alicyclic amines) is 1. The summed E-state index contributed by atoms with van der Waals surface area (Å²) in [7, 11) is 0. The molecule has 108 valence electrons. The highest BCUT2D eigenvalue weighted by Crippen LogP contribution is 2.30. The van der Waals surface area contributed by atoms with Gasteiger partial charge in [0, 0.05) is 18.7 Å². The lowest BCUT2D eigenvalue weighted by atomic mass is 9.89. The summed E-state index contributed by atoms with van der Waals surface area (Å²) in [6.45, 7) is 4.06. The van der Waals surface area contributed by atoms with Crippen molar-refractivity contribution in [1.82, 2.24) is 10.3 Å². The molecular formula is C14H20N4O2. The molecule has 1 unspecified atom stereocenters. The van der Waals surface area contributed by atoms with Gasteiger partial charge in [0.2, 0.25) is 5.91 Å². The van der Waals surface area contributed by atoms with Crippen LogP contribution in [0.1, 0.15) is 29.3 Å². The van der Waals surface area contributed by atoms with Gasteiger partial charge in [-0.1, -0.05) is 12.1 Å². The summed E-state index contributed by atoms with van der Waals surface area (Å²) in [6.07, 6.45) is 0.769. The third kappa shape index (κ3) is 2.97. The SMILES string of the molecule is CC1(C(N)=O)CCN(Cc2cccc(C(=O)NN)c2)C1. The predicted octanol–water partition coefficient (Wildman–Crippen LogP) is -0.0126. The number of nitrogens with one attached hydrogen (secondary N) is 1. The zero-order chi connectivity index (χ0) is 14.8. The summed E-state index contributed by atoms with van der Waals surface area (Å²) in [5.41, 5.74) is 8.64. The van der Waals surface area contributed by atoms with Gasteiger partial charge in [0.1, 0.15) is 0 Å². The van der Waals surface area contributed by atoms with E-state index in [0.29, 0.717) is 18.7 Å². The Labute approximate surface area is 118 Å². The van der Waals surface area contributed by atoms with Gasteiger partial charge in [-0.15, -0.1) is 0 Å². The predicted molar refractivity (Wildman–Crippen MR) is 75.3 cm³/mol. The molecule has 1 fully saturated rings. The second-order valence-electron chi connectivity index (χ2n) is 5.56. The lowest BCUT2D eigenvalue weighted by Crippen LogP contribution is -2.37. The second-order valence-corrected chi connectivity index (χ2v) is 5.56. The number of benzene rings is 1. The molecule has 0 radical (unpaired) electrons. The minimum atomic E-state index is -0.452. The van der Waals surface area contributed by atoms with E-state index in [9.17, 15) is 9.59 Å². The summed E-state index contributed by atoms with van der Waals surface area (Å²) in [5.74, 6) is 4.56. The Kier molecular flexibility index (Phi) is 4.06. The van der Waals surface area contributed by atoms with Crippen molar-refractivity contribution in [2.45, 2.75) is 19.9 Å². The van der Waals surface area contributed by atoms with Gasteiger partial charge in [0.25, 0.3) is 5.91 Å². The number of carbonyl (C=O) groups is 2. The fraction of sp³-hybridized carbons (Fsp3) is 0.429. The fourth-order valence-electron chi connectivity index (χ4n) is 2.55. The van der Waals surface area contributed by atoms with Crippen LogP contribution in [0.4, 0.5) is 0 Å². The maximum absolute atomic E-state index is 11.5. The molecule has 1 aliphatic heterocycles. The fourth-order valence-corrected chi connectivity index (χ4v) is 2.55. The van der Waals surface area contributed by atoms with E-state index in [0.717, 1.165) is 18.5 Å². The summed E-state index contributed by atoms with van der Waals surface area (Å²) >= 11 is 0. The van der Waals surface area contributed by atoms with Gasteiger partial charge >= 0.3 is 0 Å². The van der Waals surface area contributed by atoms with Crippen LogP contribution in [0.15, 0.2) is 24.3 Å². The lowest BCUT2D eigenvalue weighted by Gasteiger charge is -2.21. The van der Waals surface area contributed by atoms with E-state index in [2.05, 4.69) is 10.3 Å². The van der Waals surface area contributed by atoms with E-state index < -0.39 is 5.41 Å². The third-order valence-electron chi connectivity index (χ3n) is 3.87. The zero-order valence-electron chi connectivity index (χ0n) is 11.6. The Balaban J connectivity index is 2.05. The Morgan fingerprint density at radius 3 is 2.80 bits per heavy atom. The van der Waals surface area contributed by atoms with E-state index in [-0.39, 0.29) is 11.8 Å². The first-order valence-electron chi connectivity index (χ1n) is 6.57. The van der Waals surface area contributed by atoms with Gasteiger partial charge in [0.15, 0.2) is 0 Å². The van der Waals surface area contributed by atoms with E-state index in [4.69, 9.17) is 11.6 Å². The Bertz CT molecular complexity index is 532. The quantitative estimate of drug-likeness (QED) is 0.409. The van der Waals surface area contributed by atoms with Gasteiger partial charge in [-0.3, -0.25) is 19.9 Å². The van der Waals surface area contributed by atoms with Crippen molar-refractivity contribution in [2.24, 2.45) is 17.0 Å². The molecule has 1 atom stereocenters. The number of carbonyl (C=O) groups excluding carboxylic acids is 2. The maximum Gasteiger partial charge on any atom is 0.265 e. The molecule has 1 saturated heterocycles. The largest absolute Gasteiger partial charge is 0.369 e. The Morgan fingerprint density at radius 2 is 2.20 bits per heavy atom. The van der Waals surface area contributed by atoms with Crippen LogP contribution < -0.4 is 17.0 Å². The van der Waals surface area contributed by atoms with Crippen molar-refractivity contribution >= 4 is 11.8 Å². The highest BCUT2D eigenvalue weighted by Gasteiger charge is 2.38. The topological polar surface area (TPSA) is 101 Å². The maximum atomic E-state index is 11.5. The number of hydrazine groups is 1. The van der Waals surface area contributed by atoms with Gasteiger partial charge in [0.05, 0.1) is 5.41 Å². The molecule has 2 rings (SSSR count). The average Bonchev–Trinajstić information content (AvgIpc) is 2.81. The first kappa shape index (κ1) is 14.5. The summed E-state index contributed by atoms with van der Waals surface area (Å²) in [4.78, 5) is 25.1. The van der Waals surface area contributed by atoms with Crippen LogP contribution in [0.3, 0.4) is 0 Å². The Morgan fingerprint density at radius 1 is 1.45 bits per heavy atom. The minimum Gasteiger partial charge on any atom is -0.369 e. The molecule has 0 aromatic heterocycles. The van der Waals surface area contributed by atoms with Crippen LogP contribution in [0.5, 0.6) is 0 Å². The molecule has 1 aliphatic rings. The van der Waals surface area contributed by atoms with Gasteiger partial charge in [-0.05, 0) is 37.6 Å². The van der Waals surface area contributed by atoms with Crippen molar-refractivity contribution in [3.63, 3.8) is 0 Å². The van der Waals surface area contributed by atoms with Crippen LogP contribution >= 0.6 is 0 Å². The van der Waals surface area contributed by atoms with Crippen LogP contribution in [0, 0.1) is 5.41 Å².